The Hall–Kier alpha value is -1.48. The van der Waals surface area contributed by atoms with Crippen molar-refractivity contribution in [2.45, 2.75) is 46.7 Å². The van der Waals surface area contributed by atoms with E-state index in [1.165, 1.54) is 13.8 Å². The zero-order chi connectivity index (χ0) is 19.8. The summed E-state index contributed by atoms with van der Waals surface area (Å²) in [5.41, 5.74) is 0.619. The third kappa shape index (κ3) is 18.7. The molecule has 0 fully saturated rings. The van der Waals surface area contributed by atoms with Crippen LogP contribution in [0.1, 0.15) is 34.6 Å². The number of allylic oxidation sites excluding steroid dienone is 1. The fourth-order valence-corrected chi connectivity index (χ4v) is 2.56. The Morgan fingerprint density at radius 3 is 2.08 bits per heavy atom. The van der Waals surface area contributed by atoms with Gasteiger partial charge in [-0.2, -0.15) is 0 Å². The largest absolute Gasteiger partial charge is 0.464 e. The molecule has 2 unspecified atom stereocenters. The van der Waals surface area contributed by atoms with Crippen molar-refractivity contribution in [1.82, 2.24) is 10.6 Å². The standard InChI is InChI=1S/C8H13NO4S.C8H15NOS/c1-3-13-8(12)7(4-14-5-10)9-6(2)11;1-6(2)11-5-7(3)9-8(4)10/h5,7H,3-4H2,1-2H3,(H,9,11);7H,1,5H2,2-4H3,(H,9,10). The smallest absolute Gasteiger partial charge is 0.329 e. The SMILES string of the molecule is C=C(C)SCC(C)NC(C)=O.CCOC(=O)C(CSC=O)NC(C)=O. The first-order valence-electron chi connectivity index (χ1n) is 7.68. The average molecular weight is 393 g/mol. The maximum Gasteiger partial charge on any atom is 0.329 e. The highest BCUT2D eigenvalue weighted by Gasteiger charge is 2.20. The molecular weight excluding hydrogens is 364 g/mol. The van der Waals surface area contributed by atoms with Crippen molar-refractivity contribution in [1.29, 1.82) is 0 Å². The van der Waals surface area contributed by atoms with Crippen molar-refractivity contribution >= 4 is 46.9 Å². The van der Waals surface area contributed by atoms with Gasteiger partial charge in [0.2, 0.25) is 11.8 Å². The minimum absolute atomic E-state index is 0.0276. The number of amides is 2. The van der Waals surface area contributed by atoms with Crippen molar-refractivity contribution in [2.24, 2.45) is 0 Å². The molecule has 9 heteroatoms. The Bertz CT molecular complexity index is 458. The fourth-order valence-electron chi connectivity index (χ4n) is 1.45. The van der Waals surface area contributed by atoms with Gasteiger partial charge in [-0.1, -0.05) is 18.3 Å². The number of hydrogen-bond acceptors (Lipinski definition) is 7. The van der Waals surface area contributed by atoms with Gasteiger partial charge >= 0.3 is 5.97 Å². The van der Waals surface area contributed by atoms with E-state index in [1.807, 2.05) is 13.8 Å². The molecule has 0 saturated heterocycles. The highest BCUT2D eigenvalue weighted by molar-refractivity contribution is 8.11. The van der Waals surface area contributed by atoms with E-state index < -0.39 is 12.0 Å². The molecule has 2 N–H and O–H groups in total. The van der Waals surface area contributed by atoms with Crippen LogP contribution < -0.4 is 10.6 Å². The highest BCUT2D eigenvalue weighted by atomic mass is 32.2. The molecule has 7 nitrogen and oxygen atoms in total. The maximum absolute atomic E-state index is 11.2. The number of nitrogens with one attached hydrogen (secondary N) is 2. The predicted octanol–water partition coefficient (Wildman–Crippen LogP) is 1.76. The van der Waals surface area contributed by atoms with Gasteiger partial charge in [0.15, 0.2) is 5.62 Å². The van der Waals surface area contributed by atoms with Crippen LogP contribution in [0.15, 0.2) is 11.5 Å². The normalized spacial score (nSPS) is 11.9. The number of thioether (sulfide) groups is 2. The van der Waals surface area contributed by atoms with Gasteiger partial charge in [0, 0.05) is 31.4 Å². The molecule has 0 aromatic heterocycles. The third-order valence-corrected chi connectivity index (χ3v) is 4.13. The Balaban J connectivity index is 0. The van der Waals surface area contributed by atoms with Gasteiger partial charge in [0.25, 0.3) is 0 Å². The summed E-state index contributed by atoms with van der Waals surface area (Å²) in [6, 6.07) is -0.517. The summed E-state index contributed by atoms with van der Waals surface area (Å²) in [5.74, 6) is 0.281. The van der Waals surface area contributed by atoms with Crippen LogP contribution in [0, 0.1) is 0 Å². The van der Waals surface area contributed by atoms with E-state index >= 15 is 0 Å². The van der Waals surface area contributed by atoms with Crippen LogP contribution in [0.4, 0.5) is 0 Å². The molecule has 0 saturated carbocycles. The number of carbonyl (C=O) groups excluding carboxylic acids is 4. The monoisotopic (exact) mass is 392 g/mol. The van der Waals surface area contributed by atoms with E-state index in [2.05, 4.69) is 17.2 Å². The number of hydrogen-bond donors (Lipinski definition) is 2. The maximum atomic E-state index is 11.2. The predicted molar refractivity (Wildman–Crippen MR) is 104 cm³/mol. The molecule has 0 rings (SSSR count). The van der Waals surface area contributed by atoms with E-state index in [1.54, 1.807) is 18.7 Å². The Morgan fingerprint density at radius 2 is 1.68 bits per heavy atom. The molecule has 0 radical (unpaired) electrons. The fraction of sp³-hybridized carbons (Fsp3) is 0.625. The Kier molecular flexibility index (Phi) is 16.5. The topological polar surface area (TPSA) is 102 Å². The molecule has 25 heavy (non-hydrogen) atoms. The second-order valence-corrected chi connectivity index (χ2v) is 7.23. The van der Waals surface area contributed by atoms with Crippen LogP contribution >= 0.6 is 23.5 Å². The first-order valence-corrected chi connectivity index (χ1v) is 9.71. The highest BCUT2D eigenvalue weighted by Crippen LogP contribution is 2.12. The van der Waals surface area contributed by atoms with Crippen molar-refractivity contribution < 1.29 is 23.9 Å². The van der Waals surface area contributed by atoms with Crippen molar-refractivity contribution in [2.75, 3.05) is 18.1 Å². The number of carbonyl (C=O) groups is 4. The van der Waals surface area contributed by atoms with Crippen LogP contribution in [0.5, 0.6) is 0 Å². The number of rotatable bonds is 10. The van der Waals surface area contributed by atoms with Crippen molar-refractivity contribution in [3.8, 4) is 0 Å². The first-order chi connectivity index (χ1) is 11.6. The molecular formula is C16H28N2O5S2. The van der Waals surface area contributed by atoms with E-state index in [-0.39, 0.29) is 30.2 Å². The molecule has 0 heterocycles. The summed E-state index contributed by atoms with van der Waals surface area (Å²) in [5, 5.41) is 5.20. The van der Waals surface area contributed by atoms with E-state index in [9.17, 15) is 19.2 Å². The average Bonchev–Trinajstić information content (AvgIpc) is 2.49. The zero-order valence-electron chi connectivity index (χ0n) is 15.4. The van der Waals surface area contributed by atoms with E-state index in [4.69, 9.17) is 4.74 Å². The second kappa shape index (κ2) is 16.0. The Labute approximate surface area is 158 Å². The molecule has 0 aliphatic rings. The van der Waals surface area contributed by atoms with Crippen LogP contribution in [-0.2, 0) is 23.9 Å². The summed E-state index contributed by atoms with van der Waals surface area (Å²) in [6.45, 7) is 12.5. The van der Waals surface area contributed by atoms with Crippen molar-refractivity contribution in [3.63, 3.8) is 0 Å². The van der Waals surface area contributed by atoms with Crippen LogP contribution in [0.2, 0.25) is 0 Å². The lowest BCUT2D eigenvalue weighted by atomic mass is 10.3. The van der Waals surface area contributed by atoms with Crippen LogP contribution in [0.25, 0.3) is 0 Å². The van der Waals surface area contributed by atoms with Gasteiger partial charge in [-0.05, 0) is 25.7 Å². The second-order valence-electron chi connectivity index (χ2n) is 5.05. The molecule has 0 aromatic rings. The minimum atomic E-state index is -0.748. The van der Waals surface area contributed by atoms with E-state index in [0.717, 1.165) is 22.4 Å². The Morgan fingerprint density at radius 1 is 1.12 bits per heavy atom. The number of esters is 1. The van der Waals surface area contributed by atoms with Gasteiger partial charge in [-0.3, -0.25) is 14.4 Å². The number of ether oxygens (including phenoxy) is 1. The van der Waals surface area contributed by atoms with E-state index in [0.29, 0.717) is 5.62 Å². The minimum Gasteiger partial charge on any atom is -0.464 e. The molecule has 0 aromatic carbocycles. The molecule has 0 spiro atoms. The molecule has 0 bridgehead atoms. The molecule has 2 atom stereocenters. The van der Waals surface area contributed by atoms with Gasteiger partial charge in [0.05, 0.1) is 6.61 Å². The summed E-state index contributed by atoms with van der Waals surface area (Å²) >= 11 is 2.59. The van der Waals surface area contributed by atoms with Crippen LogP contribution in [0.3, 0.4) is 0 Å². The zero-order valence-corrected chi connectivity index (χ0v) is 17.1. The third-order valence-electron chi connectivity index (χ3n) is 2.31. The molecule has 2 amide bonds. The summed E-state index contributed by atoms with van der Waals surface area (Å²) in [6.07, 6.45) is 0. The lowest BCUT2D eigenvalue weighted by Crippen LogP contribution is -2.42. The van der Waals surface area contributed by atoms with Gasteiger partial charge in [0.1, 0.15) is 6.04 Å². The quantitative estimate of drug-likeness (QED) is 0.431. The van der Waals surface area contributed by atoms with Gasteiger partial charge in [-0.15, -0.1) is 11.8 Å². The summed E-state index contributed by atoms with van der Waals surface area (Å²) in [7, 11) is 0. The van der Waals surface area contributed by atoms with Gasteiger partial charge < -0.3 is 15.4 Å². The van der Waals surface area contributed by atoms with Crippen LogP contribution in [-0.4, -0.2) is 53.6 Å². The molecule has 144 valence electrons. The summed E-state index contributed by atoms with van der Waals surface area (Å²) < 4.78 is 4.72. The molecule has 0 aliphatic heterocycles. The van der Waals surface area contributed by atoms with Crippen molar-refractivity contribution in [3.05, 3.63) is 11.5 Å². The molecule has 0 aliphatic carbocycles. The van der Waals surface area contributed by atoms with Gasteiger partial charge in [-0.25, -0.2) is 4.79 Å². The summed E-state index contributed by atoms with van der Waals surface area (Å²) in [4.78, 5) is 43.6. The first kappa shape index (κ1) is 25.8. The lowest BCUT2D eigenvalue weighted by molar-refractivity contribution is -0.146. The lowest BCUT2D eigenvalue weighted by Gasteiger charge is -2.14.